The number of aryl methyl sites for hydroxylation is 2. The maximum Gasteiger partial charge on any atom is 0.242 e. The summed E-state index contributed by atoms with van der Waals surface area (Å²) in [5.74, 6) is -0.0874. The van der Waals surface area contributed by atoms with Gasteiger partial charge in [-0.05, 0) is 28.9 Å². The highest BCUT2D eigenvalue weighted by Crippen LogP contribution is 2.12. The molecule has 18 heavy (non-hydrogen) atoms. The normalized spacial score (nSPS) is 10.6. The van der Waals surface area contributed by atoms with Crippen LogP contribution in [0, 0.1) is 6.92 Å². The molecule has 0 aliphatic heterocycles. The highest BCUT2D eigenvalue weighted by atomic mass is 79.9. The molecule has 96 valence electrons. The van der Waals surface area contributed by atoms with Crippen LogP contribution >= 0.6 is 15.9 Å². The van der Waals surface area contributed by atoms with Crippen molar-refractivity contribution in [2.45, 2.75) is 20.0 Å². The van der Waals surface area contributed by atoms with E-state index in [9.17, 15) is 4.79 Å². The average Bonchev–Trinajstić information content (AvgIpc) is 2.84. The van der Waals surface area contributed by atoms with Crippen LogP contribution in [-0.4, -0.2) is 25.5 Å². The topological polar surface area (TPSA) is 64.7 Å². The second kappa shape index (κ2) is 5.34. The lowest BCUT2D eigenvalue weighted by atomic mass is 10.4. The molecule has 0 spiro atoms. The first kappa shape index (κ1) is 12.8. The Bertz CT molecular complexity index is 540. The van der Waals surface area contributed by atoms with E-state index in [0.717, 1.165) is 15.9 Å². The molecule has 2 rings (SSSR count). The van der Waals surface area contributed by atoms with Gasteiger partial charge in [0, 0.05) is 19.4 Å². The smallest absolute Gasteiger partial charge is 0.242 e. The summed E-state index contributed by atoms with van der Waals surface area (Å²) in [6.45, 7) is 2.52. The van der Waals surface area contributed by atoms with Crippen molar-refractivity contribution in [3.63, 3.8) is 0 Å². The summed E-state index contributed by atoms with van der Waals surface area (Å²) in [6, 6.07) is 1.87. The van der Waals surface area contributed by atoms with Crippen LogP contribution in [0.15, 0.2) is 22.9 Å². The highest BCUT2D eigenvalue weighted by molar-refractivity contribution is 9.10. The molecule has 0 bridgehead atoms. The van der Waals surface area contributed by atoms with E-state index in [1.807, 2.05) is 26.2 Å². The summed E-state index contributed by atoms with van der Waals surface area (Å²) in [7, 11) is 1.84. The van der Waals surface area contributed by atoms with Crippen molar-refractivity contribution in [1.82, 2.24) is 24.9 Å². The first-order chi connectivity index (χ1) is 8.54. The fraction of sp³-hybridized carbons (Fsp3) is 0.364. The van der Waals surface area contributed by atoms with Crippen LogP contribution in [-0.2, 0) is 24.9 Å². The van der Waals surface area contributed by atoms with E-state index >= 15 is 0 Å². The predicted molar refractivity (Wildman–Crippen MR) is 69.7 cm³/mol. The largest absolute Gasteiger partial charge is 0.349 e. The predicted octanol–water partition coefficient (Wildman–Crippen LogP) is 1.00. The Labute approximate surface area is 113 Å². The van der Waals surface area contributed by atoms with Crippen LogP contribution in [0.1, 0.15) is 11.4 Å². The summed E-state index contributed by atoms with van der Waals surface area (Å²) in [6.07, 6.45) is 3.63. The van der Waals surface area contributed by atoms with Gasteiger partial charge in [0.25, 0.3) is 0 Å². The second-order valence-electron chi connectivity index (χ2n) is 4.02. The number of amides is 1. The summed E-state index contributed by atoms with van der Waals surface area (Å²) in [5.41, 5.74) is 1.70. The molecule has 0 atom stereocenters. The molecular formula is C11H14BrN5O. The zero-order valence-electron chi connectivity index (χ0n) is 10.2. The number of nitrogens with zero attached hydrogens (tertiary/aromatic N) is 4. The van der Waals surface area contributed by atoms with Gasteiger partial charge in [-0.15, -0.1) is 0 Å². The van der Waals surface area contributed by atoms with E-state index in [2.05, 4.69) is 31.4 Å². The molecule has 2 aromatic heterocycles. The fourth-order valence-electron chi connectivity index (χ4n) is 1.52. The molecule has 0 aromatic carbocycles. The van der Waals surface area contributed by atoms with E-state index < -0.39 is 0 Å². The van der Waals surface area contributed by atoms with Crippen molar-refractivity contribution in [3.05, 3.63) is 34.3 Å². The van der Waals surface area contributed by atoms with E-state index in [4.69, 9.17) is 0 Å². The number of rotatable bonds is 4. The van der Waals surface area contributed by atoms with Gasteiger partial charge in [-0.25, -0.2) is 0 Å². The van der Waals surface area contributed by atoms with E-state index in [1.54, 1.807) is 15.6 Å². The number of carbonyl (C=O) groups is 1. The van der Waals surface area contributed by atoms with Gasteiger partial charge in [0.15, 0.2) is 0 Å². The lowest BCUT2D eigenvalue weighted by Crippen LogP contribution is -2.27. The molecule has 0 saturated heterocycles. The maximum absolute atomic E-state index is 11.7. The van der Waals surface area contributed by atoms with Gasteiger partial charge in [-0.1, -0.05) is 0 Å². The number of nitrogens with one attached hydrogen (secondary N) is 1. The monoisotopic (exact) mass is 311 g/mol. The minimum Gasteiger partial charge on any atom is -0.349 e. The Balaban J connectivity index is 1.85. The van der Waals surface area contributed by atoms with Gasteiger partial charge in [0.05, 0.1) is 22.4 Å². The molecule has 2 aromatic rings. The zero-order valence-corrected chi connectivity index (χ0v) is 11.8. The molecule has 0 unspecified atom stereocenters. The van der Waals surface area contributed by atoms with E-state index in [0.29, 0.717) is 6.54 Å². The third-order valence-electron chi connectivity index (χ3n) is 2.43. The Kier molecular flexibility index (Phi) is 3.81. The second-order valence-corrected chi connectivity index (χ2v) is 4.87. The van der Waals surface area contributed by atoms with Gasteiger partial charge in [-0.2, -0.15) is 10.2 Å². The lowest BCUT2D eigenvalue weighted by molar-refractivity contribution is -0.122. The molecular weight excluding hydrogens is 298 g/mol. The van der Waals surface area contributed by atoms with Gasteiger partial charge in [-0.3, -0.25) is 14.2 Å². The van der Waals surface area contributed by atoms with Crippen molar-refractivity contribution in [1.29, 1.82) is 0 Å². The minimum absolute atomic E-state index is 0.0874. The third-order valence-corrected chi connectivity index (χ3v) is 3.21. The van der Waals surface area contributed by atoms with Crippen molar-refractivity contribution >= 4 is 21.8 Å². The molecule has 0 saturated carbocycles. The summed E-state index contributed by atoms with van der Waals surface area (Å²) in [5, 5.41) is 11.2. The molecule has 6 nitrogen and oxygen atoms in total. The molecule has 1 N–H and O–H groups in total. The summed E-state index contributed by atoms with van der Waals surface area (Å²) >= 11 is 3.36. The Morgan fingerprint density at radius 3 is 2.83 bits per heavy atom. The summed E-state index contributed by atoms with van der Waals surface area (Å²) < 4.78 is 4.21. The molecule has 0 fully saturated rings. The number of hydrogen-bond acceptors (Lipinski definition) is 3. The highest BCUT2D eigenvalue weighted by Gasteiger charge is 2.07. The van der Waals surface area contributed by atoms with Crippen molar-refractivity contribution in [2.24, 2.45) is 7.05 Å². The molecule has 1 amide bonds. The molecule has 0 radical (unpaired) electrons. The number of carbonyl (C=O) groups excluding carboxylic acids is 1. The standard InChI is InChI=1S/C11H14BrN5O/c1-8-10(12)6-17(14-8)7-11(18)13-5-9-3-4-16(2)15-9/h3-4,6H,5,7H2,1-2H3,(H,13,18). The van der Waals surface area contributed by atoms with Crippen LogP contribution in [0.4, 0.5) is 0 Å². The Morgan fingerprint density at radius 1 is 1.50 bits per heavy atom. The Morgan fingerprint density at radius 2 is 2.28 bits per heavy atom. The SMILES string of the molecule is Cc1nn(CC(=O)NCc2ccn(C)n2)cc1Br. The zero-order chi connectivity index (χ0) is 13.1. The van der Waals surface area contributed by atoms with Crippen LogP contribution in [0.2, 0.25) is 0 Å². The van der Waals surface area contributed by atoms with Gasteiger partial charge in [0.1, 0.15) is 6.54 Å². The lowest BCUT2D eigenvalue weighted by Gasteiger charge is -2.03. The van der Waals surface area contributed by atoms with Crippen LogP contribution < -0.4 is 5.32 Å². The van der Waals surface area contributed by atoms with Crippen LogP contribution in [0.3, 0.4) is 0 Å². The van der Waals surface area contributed by atoms with Gasteiger partial charge in [0.2, 0.25) is 5.91 Å². The fourth-order valence-corrected chi connectivity index (χ4v) is 1.84. The van der Waals surface area contributed by atoms with E-state index in [-0.39, 0.29) is 12.5 Å². The molecule has 2 heterocycles. The minimum atomic E-state index is -0.0874. The number of halogens is 1. The molecule has 7 heteroatoms. The molecule has 0 aliphatic carbocycles. The van der Waals surface area contributed by atoms with E-state index in [1.165, 1.54) is 0 Å². The van der Waals surface area contributed by atoms with Crippen molar-refractivity contribution in [2.75, 3.05) is 0 Å². The maximum atomic E-state index is 11.7. The first-order valence-electron chi connectivity index (χ1n) is 5.49. The average molecular weight is 312 g/mol. The molecule has 0 aliphatic rings. The van der Waals surface area contributed by atoms with Crippen molar-refractivity contribution in [3.8, 4) is 0 Å². The van der Waals surface area contributed by atoms with Crippen LogP contribution in [0.25, 0.3) is 0 Å². The number of aromatic nitrogens is 4. The number of hydrogen-bond donors (Lipinski definition) is 1. The van der Waals surface area contributed by atoms with Crippen LogP contribution in [0.5, 0.6) is 0 Å². The quantitative estimate of drug-likeness (QED) is 0.916. The summed E-state index contributed by atoms with van der Waals surface area (Å²) in [4.78, 5) is 11.7. The third kappa shape index (κ3) is 3.19. The first-order valence-corrected chi connectivity index (χ1v) is 6.28. The van der Waals surface area contributed by atoms with Gasteiger partial charge >= 0.3 is 0 Å². The van der Waals surface area contributed by atoms with Gasteiger partial charge < -0.3 is 5.32 Å². The Hall–Kier alpha value is -1.63. The van der Waals surface area contributed by atoms with Crippen molar-refractivity contribution < 1.29 is 4.79 Å².